The predicted octanol–water partition coefficient (Wildman–Crippen LogP) is 9.85. The van der Waals surface area contributed by atoms with Crippen molar-refractivity contribution < 1.29 is 4.79 Å². The summed E-state index contributed by atoms with van der Waals surface area (Å²) in [6, 6.07) is 18.7. The average molecular weight is 459 g/mol. The van der Waals surface area contributed by atoms with E-state index < -0.39 is 0 Å². The first-order chi connectivity index (χ1) is 16.7. The molecule has 0 spiro atoms. The summed E-state index contributed by atoms with van der Waals surface area (Å²) in [5, 5.41) is 0. The predicted molar refractivity (Wildman–Crippen MR) is 145 cm³/mol. The summed E-state index contributed by atoms with van der Waals surface area (Å²) in [4.78, 5) is 11.9. The van der Waals surface area contributed by atoms with E-state index in [-0.39, 0.29) is 5.41 Å². The number of carbonyl (C=O) groups excluding carboxylic acids is 1. The van der Waals surface area contributed by atoms with Crippen LogP contribution in [0.25, 0.3) is 11.1 Å². The van der Waals surface area contributed by atoms with Crippen LogP contribution in [0.3, 0.4) is 0 Å². The molecule has 0 amide bonds. The van der Waals surface area contributed by atoms with Crippen molar-refractivity contribution in [2.24, 2.45) is 11.3 Å². The van der Waals surface area contributed by atoms with E-state index in [1.807, 2.05) is 0 Å². The molecule has 34 heavy (non-hydrogen) atoms. The first kappa shape index (κ1) is 25.2. The lowest BCUT2D eigenvalue weighted by Crippen LogP contribution is -2.28. The Kier molecular flexibility index (Phi) is 9.04. The van der Waals surface area contributed by atoms with Gasteiger partial charge in [0.15, 0.2) is 0 Å². The Morgan fingerprint density at radius 1 is 0.706 bits per heavy atom. The molecular weight excluding hydrogens is 412 g/mol. The summed E-state index contributed by atoms with van der Waals surface area (Å²) < 4.78 is 0. The van der Waals surface area contributed by atoms with Gasteiger partial charge < -0.3 is 4.79 Å². The topological polar surface area (TPSA) is 17.1 Å². The van der Waals surface area contributed by atoms with Gasteiger partial charge in [0.2, 0.25) is 0 Å². The van der Waals surface area contributed by atoms with Crippen LogP contribution in [0.1, 0.15) is 127 Å². The molecule has 2 saturated carbocycles. The van der Waals surface area contributed by atoms with E-state index in [0.717, 1.165) is 43.9 Å². The van der Waals surface area contributed by atoms with Crippen molar-refractivity contribution in [1.29, 1.82) is 0 Å². The molecule has 2 aromatic rings. The third-order valence-electron chi connectivity index (χ3n) is 9.15. The molecule has 4 rings (SSSR count). The minimum atomic E-state index is -0.0391. The van der Waals surface area contributed by atoms with Crippen LogP contribution in [0.15, 0.2) is 48.5 Å². The molecule has 0 radical (unpaired) electrons. The van der Waals surface area contributed by atoms with Crippen LogP contribution in [-0.4, -0.2) is 6.29 Å². The lowest BCUT2D eigenvalue weighted by molar-refractivity contribution is -0.118. The molecule has 2 aliphatic rings. The Hall–Kier alpha value is -1.89. The number of aldehydes is 1. The second-order valence-electron chi connectivity index (χ2n) is 11.5. The molecule has 0 saturated heterocycles. The maximum atomic E-state index is 11.9. The highest BCUT2D eigenvalue weighted by Crippen LogP contribution is 2.45. The summed E-state index contributed by atoms with van der Waals surface area (Å²) in [6.45, 7) is 4.56. The first-order valence-corrected chi connectivity index (χ1v) is 14.3. The van der Waals surface area contributed by atoms with Gasteiger partial charge >= 0.3 is 0 Å². The first-order valence-electron chi connectivity index (χ1n) is 14.3. The molecule has 1 heteroatoms. The maximum absolute atomic E-state index is 11.9. The van der Waals surface area contributed by atoms with Crippen molar-refractivity contribution in [2.75, 3.05) is 0 Å². The molecule has 2 aromatic carbocycles. The van der Waals surface area contributed by atoms with Gasteiger partial charge in [-0.3, -0.25) is 0 Å². The van der Waals surface area contributed by atoms with Gasteiger partial charge in [-0.2, -0.15) is 0 Å². The van der Waals surface area contributed by atoms with Crippen LogP contribution in [-0.2, 0) is 4.79 Å². The molecule has 0 unspecified atom stereocenters. The lowest BCUT2D eigenvalue weighted by Gasteiger charge is -2.36. The zero-order valence-electron chi connectivity index (χ0n) is 21.7. The molecule has 184 valence electrons. The number of hydrogen-bond acceptors (Lipinski definition) is 1. The van der Waals surface area contributed by atoms with E-state index in [2.05, 4.69) is 62.4 Å². The Morgan fingerprint density at radius 2 is 1.24 bits per heavy atom. The third-order valence-corrected chi connectivity index (χ3v) is 9.15. The van der Waals surface area contributed by atoms with E-state index in [1.54, 1.807) is 0 Å². The van der Waals surface area contributed by atoms with Crippen molar-refractivity contribution >= 4 is 6.29 Å². The Morgan fingerprint density at radius 3 is 1.71 bits per heavy atom. The number of benzene rings is 2. The number of carbonyl (C=O) groups is 1. The minimum Gasteiger partial charge on any atom is -0.303 e. The van der Waals surface area contributed by atoms with Gasteiger partial charge in [0, 0.05) is 5.41 Å². The summed E-state index contributed by atoms with van der Waals surface area (Å²) in [6.07, 6.45) is 18.8. The van der Waals surface area contributed by atoms with Gasteiger partial charge in [0.1, 0.15) is 6.29 Å². The van der Waals surface area contributed by atoms with Gasteiger partial charge in [0.25, 0.3) is 0 Å². The molecule has 2 aliphatic carbocycles. The molecule has 0 aromatic heterocycles. The van der Waals surface area contributed by atoms with Crippen molar-refractivity contribution in [2.45, 2.75) is 116 Å². The summed E-state index contributed by atoms with van der Waals surface area (Å²) in [7, 11) is 0. The average Bonchev–Trinajstić information content (AvgIpc) is 2.90. The van der Waals surface area contributed by atoms with Crippen LogP contribution in [0.2, 0.25) is 0 Å². The highest BCUT2D eigenvalue weighted by atomic mass is 16.1. The summed E-state index contributed by atoms with van der Waals surface area (Å²) in [5.41, 5.74) is 5.60. The molecule has 0 aliphatic heterocycles. The quantitative estimate of drug-likeness (QED) is 0.256. The van der Waals surface area contributed by atoms with Crippen LogP contribution in [0, 0.1) is 11.3 Å². The van der Waals surface area contributed by atoms with Crippen LogP contribution >= 0.6 is 0 Å². The molecule has 1 nitrogen and oxygen atoms in total. The second kappa shape index (κ2) is 12.2. The largest absolute Gasteiger partial charge is 0.303 e. The monoisotopic (exact) mass is 458 g/mol. The molecule has 0 bridgehead atoms. The van der Waals surface area contributed by atoms with E-state index in [1.165, 1.54) is 86.3 Å². The van der Waals surface area contributed by atoms with Crippen molar-refractivity contribution in [3.8, 4) is 11.1 Å². The fourth-order valence-corrected chi connectivity index (χ4v) is 6.77. The van der Waals surface area contributed by atoms with Gasteiger partial charge in [-0.1, -0.05) is 94.5 Å². The highest BCUT2D eigenvalue weighted by molar-refractivity contribution is 5.64. The second-order valence-corrected chi connectivity index (χ2v) is 11.5. The Balaban J connectivity index is 1.32. The highest BCUT2D eigenvalue weighted by Gasteiger charge is 2.35. The molecular formula is C33H46O. The molecule has 0 atom stereocenters. The molecule has 0 heterocycles. The van der Waals surface area contributed by atoms with Crippen molar-refractivity contribution in [3.63, 3.8) is 0 Å². The van der Waals surface area contributed by atoms with Crippen LogP contribution < -0.4 is 0 Å². The zero-order valence-corrected chi connectivity index (χ0v) is 21.7. The van der Waals surface area contributed by atoms with Crippen LogP contribution in [0.4, 0.5) is 0 Å². The fraction of sp³-hybridized carbons (Fsp3) is 0.606. The lowest BCUT2D eigenvalue weighted by atomic mass is 9.67. The van der Waals surface area contributed by atoms with E-state index in [0.29, 0.717) is 5.92 Å². The fourth-order valence-electron chi connectivity index (χ4n) is 6.77. The maximum Gasteiger partial charge on any atom is 0.126 e. The van der Waals surface area contributed by atoms with Gasteiger partial charge in [0.05, 0.1) is 0 Å². The summed E-state index contributed by atoms with van der Waals surface area (Å²) in [5.74, 6) is 2.34. The van der Waals surface area contributed by atoms with Crippen LogP contribution in [0.5, 0.6) is 0 Å². The standard InChI is InChI=1S/C33H46O/c1-3-5-6-22-33(25-34)23-20-32(21-24-33)31-18-16-30(17-19-31)29-14-12-28(13-15-29)27-10-8-26(7-4-2)9-11-27/h12-19,25-27,32H,3-11,20-24H2,1-2H3. The van der Waals surface area contributed by atoms with Gasteiger partial charge in [-0.15, -0.1) is 0 Å². The summed E-state index contributed by atoms with van der Waals surface area (Å²) >= 11 is 0. The van der Waals surface area contributed by atoms with E-state index in [9.17, 15) is 4.79 Å². The number of unbranched alkanes of at least 4 members (excludes halogenated alkanes) is 2. The number of hydrogen-bond donors (Lipinski definition) is 0. The van der Waals surface area contributed by atoms with Crippen molar-refractivity contribution in [3.05, 3.63) is 59.7 Å². The molecule has 2 fully saturated rings. The Bertz CT molecular complexity index is 862. The van der Waals surface area contributed by atoms with E-state index in [4.69, 9.17) is 0 Å². The smallest absolute Gasteiger partial charge is 0.126 e. The number of rotatable bonds is 10. The Labute approximate surface area is 208 Å². The molecule has 0 N–H and O–H groups in total. The minimum absolute atomic E-state index is 0.0391. The SMILES string of the molecule is CCCCCC1(C=O)CCC(c2ccc(-c3ccc(C4CCC(CCC)CC4)cc3)cc2)CC1. The zero-order chi connectivity index (χ0) is 23.8. The van der Waals surface area contributed by atoms with Gasteiger partial charge in [-0.05, 0) is 97.8 Å². The third kappa shape index (κ3) is 6.21. The van der Waals surface area contributed by atoms with Crippen molar-refractivity contribution in [1.82, 2.24) is 0 Å². The van der Waals surface area contributed by atoms with E-state index >= 15 is 0 Å². The van der Waals surface area contributed by atoms with Gasteiger partial charge in [-0.25, -0.2) is 0 Å². The normalized spacial score (nSPS) is 27.4.